The molecule has 0 aromatic carbocycles. The van der Waals surface area contributed by atoms with Crippen molar-refractivity contribution in [1.29, 1.82) is 0 Å². The predicted octanol–water partition coefficient (Wildman–Crippen LogP) is 2.92. The van der Waals surface area contributed by atoms with Crippen LogP contribution < -0.4 is 5.32 Å². The summed E-state index contributed by atoms with van der Waals surface area (Å²) < 4.78 is 5.31. The molecule has 2 fully saturated rings. The molecule has 0 unspecified atom stereocenters. The fraction of sp³-hybridized carbons (Fsp3) is 0.933. The highest BCUT2D eigenvalue weighted by molar-refractivity contribution is 5.68. The molecule has 19 heavy (non-hydrogen) atoms. The first kappa shape index (κ1) is 14.6. The number of rotatable bonds is 2. The fourth-order valence-corrected chi connectivity index (χ4v) is 3.16. The van der Waals surface area contributed by atoms with Crippen molar-refractivity contribution in [1.82, 2.24) is 10.2 Å². The molecule has 1 N–H and O–H groups in total. The topological polar surface area (TPSA) is 41.6 Å². The van der Waals surface area contributed by atoms with Crippen molar-refractivity contribution >= 4 is 6.09 Å². The number of carbonyl (C=O) groups is 1. The molecular weight excluding hydrogens is 240 g/mol. The second-order valence-electron chi connectivity index (χ2n) is 6.92. The molecule has 1 atom stereocenters. The highest BCUT2D eigenvalue weighted by atomic mass is 16.6. The van der Waals surface area contributed by atoms with Gasteiger partial charge in [0, 0.05) is 25.2 Å². The van der Waals surface area contributed by atoms with E-state index in [-0.39, 0.29) is 12.1 Å². The van der Waals surface area contributed by atoms with Crippen LogP contribution in [0.2, 0.25) is 0 Å². The molecule has 1 saturated heterocycles. The van der Waals surface area contributed by atoms with Gasteiger partial charge in [0.1, 0.15) is 5.60 Å². The fourth-order valence-electron chi connectivity index (χ4n) is 3.16. The van der Waals surface area contributed by atoms with Crippen LogP contribution in [0.4, 0.5) is 4.79 Å². The number of nitrogens with one attached hydrogen (secondary N) is 1. The third-order valence-electron chi connectivity index (χ3n) is 4.03. The number of alkyl carbamates (subject to hydrolysis) is 1. The van der Waals surface area contributed by atoms with Crippen LogP contribution in [-0.4, -0.2) is 41.8 Å². The molecule has 0 aromatic heterocycles. The van der Waals surface area contributed by atoms with E-state index in [0.29, 0.717) is 0 Å². The van der Waals surface area contributed by atoms with Gasteiger partial charge in [-0.05, 0) is 40.0 Å². The van der Waals surface area contributed by atoms with E-state index in [1.807, 2.05) is 20.8 Å². The van der Waals surface area contributed by atoms with Gasteiger partial charge in [0.2, 0.25) is 0 Å². The molecule has 0 radical (unpaired) electrons. The molecule has 1 aliphatic heterocycles. The lowest BCUT2D eigenvalue weighted by atomic mass is 9.94. The second kappa shape index (κ2) is 6.12. The normalized spacial score (nSPS) is 26.4. The van der Waals surface area contributed by atoms with Gasteiger partial charge in [-0.15, -0.1) is 0 Å². The van der Waals surface area contributed by atoms with Gasteiger partial charge in [0.15, 0.2) is 0 Å². The Balaban J connectivity index is 1.74. The summed E-state index contributed by atoms with van der Waals surface area (Å²) in [5.74, 6) is 0. The highest BCUT2D eigenvalue weighted by Crippen LogP contribution is 2.25. The average Bonchev–Trinajstić information content (AvgIpc) is 2.76. The van der Waals surface area contributed by atoms with Gasteiger partial charge in [0.25, 0.3) is 0 Å². The predicted molar refractivity (Wildman–Crippen MR) is 76.2 cm³/mol. The molecule has 0 aromatic rings. The minimum absolute atomic E-state index is 0.261. The largest absolute Gasteiger partial charge is 0.444 e. The minimum atomic E-state index is -0.411. The van der Waals surface area contributed by atoms with Gasteiger partial charge < -0.3 is 10.1 Å². The Bertz CT molecular complexity index is 306. The van der Waals surface area contributed by atoms with Crippen LogP contribution in [0.25, 0.3) is 0 Å². The lowest BCUT2D eigenvalue weighted by molar-refractivity contribution is 0.0503. The minimum Gasteiger partial charge on any atom is -0.444 e. The lowest BCUT2D eigenvalue weighted by Gasteiger charge is -2.31. The van der Waals surface area contributed by atoms with E-state index in [2.05, 4.69) is 10.2 Å². The van der Waals surface area contributed by atoms with E-state index in [9.17, 15) is 4.79 Å². The molecule has 1 saturated carbocycles. The van der Waals surface area contributed by atoms with Crippen LogP contribution in [0, 0.1) is 0 Å². The Hall–Kier alpha value is -0.770. The average molecular weight is 268 g/mol. The van der Waals surface area contributed by atoms with E-state index in [1.54, 1.807) is 0 Å². The van der Waals surface area contributed by atoms with Crippen molar-refractivity contribution in [3.8, 4) is 0 Å². The summed E-state index contributed by atoms with van der Waals surface area (Å²) in [7, 11) is 0. The van der Waals surface area contributed by atoms with Crippen LogP contribution in [0.5, 0.6) is 0 Å². The van der Waals surface area contributed by atoms with Gasteiger partial charge in [-0.25, -0.2) is 4.79 Å². The summed E-state index contributed by atoms with van der Waals surface area (Å²) in [6.07, 6.45) is 7.57. The van der Waals surface area contributed by atoms with Gasteiger partial charge in [0.05, 0.1) is 0 Å². The standard InChI is InChI=1S/C15H28N2O2/c1-15(2,3)19-14(18)16-12-9-10-17(11-12)13-7-5-4-6-8-13/h12-13H,4-11H2,1-3H3,(H,16,18)/t12-/m1/s1. The maximum Gasteiger partial charge on any atom is 0.407 e. The van der Waals surface area contributed by atoms with E-state index >= 15 is 0 Å². The van der Waals surface area contributed by atoms with Crippen molar-refractivity contribution in [3.63, 3.8) is 0 Å². The van der Waals surface area contributed by atoms with Crippen molar-refractivity contribution in [2.75, 3.05) is 13.1 Å². The molecule has 1 heterocycles. The number of amides is 1. The highest BCUT2D eigenvalue weighted by Gasteiger charge is 2.30. The van der Waals surface area contributed by atoms with Crippen molar-refractivity contribution < 1.29 is 9.53 Å². The summed E-state index contributed by atoms with van der Waals surface area (Å²) >= 11 is 0. The first-order valence-electron chi connectivity index (χ1n) is 7.67. The Morgan fingerprint density at radius 2 is 1.84 bits per heavy atom. The smallest absolute Gasteiger partial charge is 0.407 e. The van der Waals surface area contributed by atoms with E-state index in [0.717, 1.165) is 25.6 Å². The Kier molecular flexibility index (Phi) is 4.71. The Morgan fingerprint density at radius 3 is 2.47 bits per heavy atom. The first-order valence-corrected chi connectivity index (χ1v) is 7.67. The molecule has 1 amide bonds. The second-order valence-corrected chi connectivity index (χ2v) is 6.92. The molecule has 0 bridgehead atoms. The summed E-state index contributed by atoms with van der Waals surface area (Å²) in [5, 5.41) is 3.00. The summed E-state index contributed by atoms with van der Waals surface area (Å²) in [6, 6.07) is 1.01. The third kappa shape index (κ3) is 4.68. The first-order chi connectivity index (χ1) is 8.94. The van der Waals surface area contributed by atoms with Crippen LogP contribution >= 0.6 is 0 Å². The number of ether oxygens (including phenoxy) is 1. The van der Waals surface area contributed by atoms with E-state index in [4.69, 9.17) is 4.74 Å². The zero-order chi connectivity index (χ0) is 13.9. The van der Waals surface area contributed by atoms with E-state index in [1.165, 1.54) is 32.1 Å². The zero-order valence-corrected chi connectivity index (χ0v) is 12.6. The molecule has 110 valence electrons. The number of hydrogen-bond donors (Lipinski definition) is 1. The SMILES string of the molecule is CC(C)(C)OC(=O)N[C@@H]1CCN(C2CCCCC2)C1. The zero-order valence-electron chi connectivity index (χ0n) is 12.6. The van der Waals surface area contributed by atoms with Crippen LogP contribution in [0.3, 0.4) is 0 Å². The summed E-state index contributed by atoms with van der Waals surface area (Å²) in [5.41, 5.74) is -0.411. The van der Waals surface area contributed by atoms with Gasteiger partial charge >= 0.3 is 6.09 Å². The van der Waals surface area contributed by atoms with Crippen molar-refractivity contribution in [2.24, 2.45) is 0 Å². The van der Waals surface area contributed by atoms with Crippen LogP contribution in [-0.2, 0) is 4.74 Å². The van der Waals surface area contributed by atoms with Crippen molar-refractivity contribution in [3.05, 3.63) is 0 Å². The van der Waals surface area contributed by atoms with E-state index < -0.39 is 5.60 Å². The lowest BCUT2D eigenvalue weighted by Crippen LogP contribution is -2.42. The molecule has 2 rings (SSSR count). The molecule has 2 aliphatic rings. The Morgan fingerprint density at radius 1 is 1.16 bits per heavy atom. The number of hydrogen-bond acceptors (Lipinski definition) is 3. The van der Waals surface area contributed by atoms with Gasteiger partial charge in [-0.3, -0.25) is 4.90 Å². The Labute approximate surface area is 116 Å². The molecule has 4 nitrogen and oxygen atoms in total. The monoisotopic (exact) mass is 268 g/mol. The molecular formula is C15H28N2O2. The van der Waals surface area contributed by atoms with Gasteiger partial charge in [-0.1, -0.05) is 19.3 Å². The van der Waals surface area contributed by atoms with Gasteiger partial charge in [-0.2, -0.15) is 0 Å². The number of nitrogens with zero attached hydrogens (tertiary/aromatic N) is 1. The summed E-state index contributed by atoms with van der Waals surface area (Å²) in [4.78, 5) is 14.3. The molecule has 0 spiro atoms. The molecule has 4 heteroatoms. The number of likely N-dealkylation sites (tertiary alicyclic amines) is 1. The third-order valence-corrected chi connectivity index (χ3v) is 4.03. The summed E-state index contributed by atoms with van der Waals surface area (Å²) in [6.45, 7) is 7.80. The maximum atomic E-state index is 11.7. The quantitative estimate of drug-likeness (QED) is 0.837. The maximum absolute atomic E-state index is 11.7. The molecule has 1 aliphatic carbocycles. The van der Waals surface area contributed by atoms with Crippen molar-refractivity contribution in [2.45, 2.75) is 77.0 Å². The number of carbonyl (C=O) groups excluding carboxylic acids is 1. The van der Waals surface area contributed by atoms with Crippen LogP contribution in [0.1, 0.15) is 59.3 Å². The van der Waals surface area contributed by atoms with Crippen LogP contribution in [0.15, 0.2) is 0 Å².